The van der Waals surface area contributed by atoms with Gasteiger partial charge in [-0.15, -0.1) is 0 Å². The Bertz CT molecular complexity index is 176. The topological polar surface area (TPSA) is 41.5 Å². The molecule has 1 aliphatic carbocycles. The van der Waals surface area contributed by atoms with Gasteiger partial charge in [-0.25, -0.2) is 0 Å². The van der Waals surface area contributed by atoms with Gasteiger partial charge in [-0.2, -0.15) is 0 Å². The molecule has 2 atom stereocenters. The number of aliphatic hydroxyl groups excluding tert-OH is 1. The summed E-state index contributed by atoms with van der Waals surface area (Å²) in [6.07, 6.45) is 3.61. The Morgan fingerprint density at radius 3 is 2.69 bits per heavy atom. The summed E-state index contributed by atoms with van der Waals surface area (Å²) in [5.74, 6) is 0.484. The van der Waals surface area contributed by atoms with Gasteiger partial charge in [0.15, 0.2) is 0 Å². The summed E-state index contributed by atoms with van der Waals surface area (Å²) in [4.78, 5) is 0. The molecule has 0 aromatic rings. The fourth-order valence-corrected chi connectivity index (χ4v) is 2.02. The minimum Gasteiger partial charge on any atom is -0.394 e. The van der Waals surface area contributed by atoms with Gasteiger partial charge >= 0.3 is 0 Å². The highest BCUT2D eigenvalue weighted by Gasteiger charge is 2.39. The van der Waals surface area contributed by atoms with E-state index in [9.17, 15) is 5.11 Å². The molecule has 2 fully saturated rings. The second kappa shape index (κ2) is 3.56. The maximum atomic E-state index is 9.40. The summed E-state index contributed by atoms with van der Waals surface area (Å²) in [6.45, 7) is 3.99. The van der Waals surface area contributed by atoms with Gasteiger partial charge in [0.05, 0.1) is 13.2 Å². The fourth-order valence-electron chi connectivity index (χ4n) is 2.02. The van der Waals surface area contributed by atoms with Crippen molar-refractivity contribution in [2.24, 2.45) is 5.92 Å². The van der Waals surface area contributed by atoms with Crippen LogP contribution < -0.4 is 5.32 Å². The Labute approximate surface area is 79.5 Å². The number of hydrogen-bond acceptors (Lipinski definition) is 3. The second-order valence-corrected chi connectivity index (χ2v) is 4.55. The molecule has 1 saturated carbocycles. The van der Waals surface area contributed by atoms with Crippen molar-refractivity contribution in [1.29, 1.82) is 0 Å². The molecule has 0 aromatic carbocycles. The molecule has 1 aliphatic heterocycles. The van der Waals surface area contributed by atoms with Gasteiger partial charge in [-0.1, -0.05) is 0 Å². The molecule has 13 heavy (non-hydrogen) atoms. The van der Waals surface area contributed by atoms with Crippen LogP contribution in [0.2, 0.25) is 0 Å². The predicted molar refractivity (Wildman–Crippen MR) is 50.6 cm³/mol. The van der Waals surface area contributed by atoms with Gasteiger partial charge in [0.25, 0.3) is 0 Å². The zero-order valence-electron chi connectivity index (χ0n) is 8.25. The van der Waals surface area contributed by atoms with E-state index in [1.54, 1.807) is 0 Å². The summed E-state index contributed by atoms with van der Waals surface area (Å²) >= 11 is 0. The quantitative estimate of drug-likeness (QED) is 0.671. The normalized spacial score (nSPS) is 33.2. The van der Waals surface area contributed by atoms with Crippen molar-refractivity contribution < 1.29 is 9.84 Å². The summed E-state index contributed by atoms with van der Waals surface area (Å²) in [6, 6.07) is 0.651. The highest BCUT2D eigenvalue weighted by atomic mass is 16.5. The third-order valence-electron chi connectivity index (χ3n) is 3.27. The molecular weight excluding hydrogens is 166 g/mol. The van der Waals surface area contributed by atoms with Gasteiger partial charge < -0.3 is 15.2 Å². The Morgan fingerprint density at radius 2 is 2.23 bits per heavy atom. The molecule has 2 aliphatic rings. The van der Waals surface area contributed by atoms with Crippen LogP contribution in [-0.2, 0) is 4.74 Å². The van der Waals surface area contributed by atoms with E-state index < -0.39 is 0 Å². The molecule has 2 N–H and O–H groups in total. The number of hydrogen-bond donors (Lipinski definition) is 2. The molecule has 0 amide bonds. The van der Waals surface area contributed by atoms with Gasteiger partial charge in [0, 0.05) is 24.1 Å². The predicted octanol–water partition coefficient (Wildman–Crippen LogP) is 0.526. The van der Waals surface area contributed by atoms with Crippen LogP contribution in [0.25, 0.3) is 0 Å². The lowest BCUT2D eigenvalue weighted by Crippen LogP contribution is -2.53. The highest BCUT2D eigenvalue weighted by molar-refractivity contribution is 4.97. The number of aliphatic hydroxyl groups is 1. The van der Waals surface area contributed by atoms with E-state index in [4.69, 9.17) is 4.74 Å². The van der Waals surface area contributed by atoms with Crippen LogP contribution >= 0.6 is 0 Å². The van der Waals surface area contributed by atoms with Crippen LogP contribution in [0.1, 0.15) is 26.2 Å². The van der Waals surface area contributed by atoms with Crippen molar-refractivity contribution in [3.05, 3.63) is 0 Å². The lowest BCUT2D eigenvalue weighted by molar-refractivity contribution is 0.0987. The molecule has 0 aromatic heterocycles. The summed E-state index contributed by atoms with van der Waals surface area (Å²) < 4.78 is 5.36. The number of rotatable bonds is 4. The zero-order chi connectivity index (χ0) is 9.31. The van der Waals surface area contributed by atoms with Crippen molar-refractivity contribution in [3.8, 4) is 0 Å². The molecule has 2 rings (SSSR count). The summed E-state index contributed by atoms with van der Waals surface area (Å²) in [5.41, 5.74) is -0.113. The molecule has 3 nitrogen and oxygen atoms in total. The van der Waals surface area contributed by atoms with E-state index in [1.807, 2.05) is 0 Å². The van der Waals surface area contributed by atoms with E-state index in [-0.39, 0.29) is 12.1 Å². The van der Waals surface area contributed by atoms with Crippen molar-refractivity contribution >= 4 is 0 Å². The zero-order valence-corrected chi connectivity index (χ0v) is 8.25. The van der Waals surface area contributed by atoms with E-state index >= 15 is 0 Å². The van der Waals surface area contributed by atoms with Crippen LogP contribution in [-0.4, -0.2) is 36.5 Å². The Kier molecular flexibility index (Phi) is 2.58. The lowest BCUT2D eigenvalue weighted by atomic mass is 9.85. The van der Waals surface area contributed by atoms with E-state index in [1.165, 1.54) is 12.8 Å². The lowest BCUT2D eigenvalue weighted by Gasteiger charge is -2.34. The Balaban J connectivity index is 1.94. The summed E-state index contributed by atoms with van der Waals surface area (Å²) in [7, 11) is 0. The van der Waals surface area contributed by atoms with Crippen molar-refractivity contribution in [3.63, 3.8) is 0 Å². The molecule has 76 valence electrons. The minimum absolute atomic E-state index is 0.113. The van der Waals surface area contributed by atoms with Crippen LogP contribution in [0.15, 0.2) is 0 Å². The molecule has 0 spiro atoms. The van der Waals surface area contributed by atoms with Gasteiger partial charge in [-0.05, 0) is 26.2 Å². The average molecular weight is 185 g/mol. The minimum atomic E-state index is -0.113. The van der Waals surface area contributed by atoms with E-state index in [0.29, 0.717) is 12.0 Å². The smallest absolute Gasteiger partial charge is 0.0614 e. The van der Waals surface area contributed by atoms with Gasteiger partial charge in [0.2, 0.25) is 0 Å². The monoisotopic (exact) mass is 185 g/mol. The fraction of sp³-hybridized carbons (Fsp3) is 1.00. The second-order valence-electron chi connectivity index (χ2n) is 4.55. The number of ether oxygens (including phenoxy) is 1. The van der Waals surface area contributed by atoms with Crippen molar-refractivity contribution in [1.82, 2.24) is 5.32 Å². The third kappa shape index (κ3) is 2.03. The SMILES string of the molecule is CC(CO)(NC1CC1)C1CCOC1. The molecule has 0 bridgehead atoms. The average Bonchev–Trinajstić information content (AvgIpc) is 2.77. The molecule has 3 heteroatoms. The highest BCUT2D eigenvalue weighted by Crippen LogP contribution is 2.30. The maximum absolute atomic E-state index is 9.40. The number of nitrogens with one attached hydrogen (secondary N) is 1. The molecule has 1 heterocycles. The first-order valence-electron chi connectivity index (χ1n) is 5.21. The van der Waals surface area contributed by atoms with Crippen molar-refractivity contribution in [2.45, 2.75) is 37.8 Å². The first-order valence-corrected chi connectivity index (χ1v) is 5.21. The molecule has 0 radical (unpaired) electrons. The maximum Gasteiger partial charge on any atom is 0.0614 e. The molecule has 2 unspecified atom stereocenters. The van der Waals surface area contributed by atoms with Crippen LogP contribution in [0.4, 0.5) is 0 Å². The van der Waals surface area contributed by atoms with Crippen molar-refractivity contribution in [2.75, 3.05) is 19.8 Å². The first-order chi connectivity index (χ1) is 6.24. The largest absolute Gasteiger partial charge is 0.394 e. The molecule has 1 saturated heterocycles. The Hall–Kier alpha value is -0.120. The van der Waals surface area contributed by atoms with Crippen LogP contribution in [0, 0.1) is 5.92 Å². The van der Waals surface area contributed by atoms with Gasteiger partial charge in [-0.3, -0.25) is 0 Å². The first kappa shape index (κ1) is 9.44. The van der Waals surface area contributed by atoms with Gasteiger partial charge in [0.1, 0.15) is 0 Å². The Morgan fingerprint density at radius 1 is 1.46 bits per heavy atom. The standard InChI is InChI=1S/C10H19NO2/c1-10(7-12,11-9-2-3-9)8-4-5-13-6-8/h8-9,11-12H,2-7H2,1H3. The molecular formula is C10H19NO2. The van der Waals surface area contributed by atoms with E-state index in [2.05, 4.69) is 12.2 Å². The van der Waals surface area contributed by atoms with Crippen LogP contribution in [0.3, 0.4) is 0 Å². The summed E-state index contributed by atoms with van der Waals surface area (Å²) in [5, 5.41) is 12.9. The third-order valence-corrected chi connectivity index (χ3v) is 3.27. The van der Waals surface area contributed by atoms with E-state index in [0.717, 1.165) is 19.6 Å². The van der Waals surface area contributed by atoms with Crippen LogP contribution in [0.5, 0.6) is 0 Å².